The van der Waals surface area contributed by atoms with E-state index >= 15 is 0 Å². The van der Waals surface area contributed by atoms with Gasteiger partial charge >= 0.3 is 0 Å². The number of nitrogens with one attached hydrogen (secondary N) is 1. The van der Waals surface area contributed by atoms with Crippen molar-refractivity contribution in [2.45, 2.75) is 12.5 Å². The summed E-state index contributed by atoms with van der Waals surface area (Å²) in [5, 5.41) is 3.48. The van der Waals surface area contributed by atoms with Crippen molar-refractivity contribution in [3.8, 4) is 5.75 Å². The molecule has 0 amide bonds. The fourth-order valence-electron chi connectivity index (χ4n) is 2.54. The Morgan fingerprint density at radius 1 is 1.50 bits per heavy atom. The van der Waals surface area contributed by atoms with Crippen LogP contribution in [0.2, 0.25) is 0 Å². The fraction of sp³-hybridized carbons (Fsp3) is 0.583. The van der Waals surface area contributed by atoms with Gasteiger partial charge in [-0.1, -0.05) is 0 Å². The van der Waals surface area contributed by atoms with Gasteiger partial charge in [0.25, 0.3) is 0 Å². The number of rotatable bonds is 2. The number of fused-ring (bicyclic) bond motifs is 1. The molecule has 3 heterocycles. The van der Waals surface area contributed by atoms with Crippen LogP contribution >= 0.6 is 0 Å². The molecule has 1 aromatic heterocycles. The van der Waals surface area contributed by atoms with Gasteiger partial charge in [0.1, 0.15) is 5.75 Å². The molecule has 0 saturated carbocycles. The molecule has 16 heavy (non-hydrogen) atoms. The van der Waals surface area contributed by atoms with Crippen LogP contribution in [0.5, 0.6) is 5.75 Å². The van der Waals surface area contributed by atoms with Gasteiger partial charge in [0.05, 0.1) is 25.2 Å². The average molecular weight is 219 g/mol. The summed E-state index contributed by atoms with van der Waals surface area (Å²) in [7, 11) is 1.68. The van der Waals surface area contributed by atoms with E-state index < -0.39 is 0 Å². The molecule has 0 spiro atoms. The van der Waals surface area contributed by atoms with Crippen molar-refractivity contribution in [2.75, 3.05) is 31.6 Å². The average Bonchev–Trinajstić information content (AvgIpc) is 2.31. The van der Waals surface area contributed by atoms with Gasteiger partial charge in [-0.2, -0.15) is 0 Å². The first kappa shape index (κ1) is 9.90. The van der Waals surface area contributed by atoms with Gasteiger partial charge in [0.2, 0.25) is 0 Å². The highest BCUT2D eigenvalue weighted by atomic mass is 16.5. The van der Waals surface area contributed by atoms with Crippen molar-refractivity contribution in [3.05, 3.63) is 18.5 Å². The Morgan fingerprint density at radius 2 is 2.44 bits per heavy atom. The van der Waals surface area contributed by atoms with Crippen LogP contribution in [0.3, 0.4) is 0 Å². The lowest BCUT2D eigenvalue weighted by atomic mass is 9.85. The van der Waals surface area contributed by atoms with E-state index in [1.54, 1.807) is 13.3 Å². The van der Waals surface area contributed by atoms with Crippen molar-refractivity contribution in [1.29, 1.82) is 0 Å². The molecule has 0 aromatic carbocycles. The van der Waals surface area contributed by atoms with Gasteiger partial charge in [-0.05, 0) is 18.9 Å². The minimum atomic E-state index is 0.681. The molecule has 2 aliphatic heterocycles. The predicted octanol–water partition coefficient (Wildman–Crippen LogP) is 0.888. The molecule has 4 nitrogen and oxygen atoms in total. The maximum absolute atomic E-state index is 5.20. The summed E-state index contributed by atoms with van der Waals surface area (Å²) < 4.78 is 5.20. The number of pyridine rings is 1. The van der Waals surface area contributed by atoms with E-state index in [0.717, 1.165) is 24.8 Å². The van der Waals surface area contributed by atoms with Gasteiger partial charge in [-0.3, -0.25) is 4.98 Å². The van der Waals surface area contributed by atoms with Crippen LogP contribution in [0, 0.1) is 5.92 Å². The molecule has 2 fully saturated rings. The van der Waals surface area contributed by atoms with Crippen molar-refractivity contribution in [2.24, 2.45) is 5.92 Å². The molecule has 0 unspecified atom stereocenters. The molecule has 0 bridgehead atoms. The Balaban J connectivity index is 1.75. The lowest BCUT2D eigenvalue weighted by Crippen LogP contribution is -2.62. The van der Waals surface area contributed by atoms with E-state index in [9.17, 15) is 0 Å². The number of ether oxygens (including phenoxy) is 1. The summed E-state index contributed by atoms with van der Waals surface area (Å²) >= 11 is 0. The third-order valence-corrected chi connectivity index (χ3v) is 3.70. The number of methoxy groups -OCH3 is 1. The minimum Gasteiger partial charge on any atom is -0.495 e. The molecule has 0 radical (unpaired) electrons. The van der Waals surface area contributed by atoms with Gasteiger partial charge in [-0.25, -0.2) is 0 Å². The van der Waals surface area contributed by atoms with E-state index in [0.29, 0.717) is 6.04 Å². The highest BCUT2D eigenvalue weighted by Crippen LogP contribution is 2.28. The Bertz CT molecular complexity index is 382. The van der Waals surface area contributed by atoms with Gasteiger partial charge in [-0.15, -0.1) is 0 Å². The third kappa shape index (κ3) is 1.63. The first-order valence-corrected chi connectivity index (χ1v) is 5.84. The van der Waals surface area contributed by atoms with Crippen LogP contribution in [0.4, 0.5) is 5.69 Å². The molecular weight excluding hydrogens is 202 g/mol. The first-order valence-electron chi connectivity index (χ1n) is 5.84. The number of hydrogen-bond acceptors (Lipinski definition) is 4. The zero-order valence-electron chi connectivity index (χ0n) is 9.52. The number of hydrogen-bond donors (Lipinski definition) is 1. The predicted molar refractivity (Wildman–Crippen MR) is 62.9 cm³/mol. The molecule has 2 saturated heterocycles. The second-order valence-electron chi connectivity index (χ2n) is 4.59. The summed E-state index contributed by atoms with van der Waals surface area (Å²) in [4.78, 5) is 6.60. The molecule has 1 aromatic rings. The van der Waals surface area contributed by atoms with Crippen LogP contribution in [-0.2, 0) is 0 Å². The molecule has 4 heteroatoms. The summed E-state index contributed by atoms with van der Waals surface area (Å²) in [6.45, 7) is 3.44. The van der Waals surface area contributed by atoms with E-state index in [4.69, 9.17) is 4.74 Å². The molecule has 3 rings (SSSR count). The maximum atomic E-state index is 5.20. The summed E-state index contributed by atoms with van der Waals surface area (Å²) in [6.07, 6.45) is 4.95. The topological polar surface area (TPSA) is 37.4 Å². The SMILES string of the molecule is COc1cncc(N2CC[C@H]3CN[C@H]3C2)c1. The summed E-state index contributed by atoms with van der Waals surface area (Å²) in [5.74, 6) is 1.73. The van der Waals surface area contributed by atoms with Crippen molar-refractivity contribution in [1.82, 2.24) is 10.3 Å². The van der Waals surface area contributed by atoms with E-state index in [1.807, 2.05) is 6.20 Å². The quantitative estimate of drug-likeness (QED) is 0.801. The van der Waals surface area contributed by atoms with E-state index in [2.05, 4.69) is 21.3 Å². The maximum Gasteiger partial charge on any atom is 0.139 e. The van der Waals surface area contributed by atoms with Crippen LogP contribution < -0.4 is 15.0 Å². The first-order chi connectivity index (χ1) is 7.86. The van der Waals surface area contributed by atoms with E-state index in [-0.39, 0.29) is 0 Å². The number of nitrogens with zero attached hydrogens (tertiary/aromatic N) is 2. The second kappa shape index (κ2) is 3.94. The van der Waals surface area contributed by atoms with Gasteiger partial charge < -0.3 is 15.0 Å². The Hall–Kier alpha value is -1.29. The minimum absolute atomic E-state index is 0.681. The zero-order chi connectivity index (χ0) is 11.0. The summed E-state index contributed by atoms with van der Waals surface area (Å²) in [5.41, 5.74) is 1.17. The summed E-state index contributed by atoms with van der Waals surface area (Å²) in [6, 6.07) is 2.74. The van der Waals surface area contributed by atoms with Crippen LogP contribution in [0.25, 0.3) is 0 Å². The molecule has 1 N–H and O–H groups in total. The smallest absolute Gasteiger partial charge is 0.139 e. The largest absolute Gasteiger partial charge is 0.495 e. The van der Waals surface area contributed by atoms with Gasteiger partial charge in [0, 0.05) is 25.2 Å². The van der Waals surface area contributed by atoms with Gasteiger partial charge in [0.15, 0.2) is 0 Å². The van der Waals surface area contributed by atoms with E-state index in [1.165, 1.54) is 18.7 Å². The molecule has 2 atom stereocenters. The number of anilines is 1. The lowest BCUT2D eigenvalue weighted by Gasteiger charge is -2.47. The normalized spacial score (nSPS) is 28.2. The van der Waals surface area contributed by atoms with Crippen molar-refractivity contribution in [3.63, 3.8) is 0 Å². The Morgan fingerprint density at radius 3 is 3.12 bits per heavy atom. The van der Waals surface area contributed by atoms with Crippen molar-refractivity contribution < 1.29 is 4.74 Å². The highest BCUT2D eigenvalue weighted by Gasteiger charge is 2.35. The Kier molecular flexibility index (Phi) is 2.44. The molecular formula is C12H17N3O. The van der Waals surface area contributed by atoms with Crippen LogP contribution in [-0.4, -0.2) is 37.8 Å². The number of aromatic nitrogens is 1. The van der Waals surface area contributed by atoms with Crippen LogP contribution in [0.15, 0.2) is 18.5 Å². The fourth-order valence-corrected chi connectivity index (χ4v) is 2.54. The standard InChI is InChI=1S/C12H17N3O/c1-16-11-4-10(6-13-7-11)15-3-2-9-5-14-12(9)8-15/h4,6-7,9,12,14H,2-3,5,8H2,1H3/t9-,12-/m0/s1. The Labute approximate surface area is 95.6 Å². The number of piperidine rings is 1. The lowest BCUT2D eigenvalue weighted by molar-refractivity contribution is 0.197. The molecule has 86 valence electrons. The second-order valence-corrected chi connectivity index (χ2v) is 4.59. The monoisotopic (exact) mass is 219 g/mol. The van der Waals surface area contributed by atoms with Crippen molar-refractivity contribution >= 4 is 5.69 Å². The molecule has 0 aliphatic carbocycles. The third-order valence-electron chi connectivity index (χ3n) is 3.70. The molecule has 2 aliphatic rings. The highest BCUT2D eigenvalue weighted by molar-refractivity contribution is 5.49. The zero-order valence-corrected chi connectivity index (χ0v) is 9.52. The van der Waals surface area contributed by atoms with Crippen LogP contribution in [0.1, 0.15) is 6.42 Å².